The number of aliphatic hydroxyl groups excluding tert-OH is 1. The molecule has 1 amide bonds. The summed E-state index contributed by atoms with van der Waals surface area (Å²) in [5.74, 6) is -1.01. The van der Waals surface area contributed by atoms with Crippen LogP contribution in [0.25, 0.3) is 0 Å². The van der Waals surface area contributed by atoms with Crippen LogP contribution in [-0.2, 0) is 11.2 Å². The van der Waals surface area contributed by atoms with Crippen LogP contribution in [0.15, 0.2) is 24.3 Å². The number of amides is 1. The lowest BCUT2D eigenvalue weighted by Gasteiger charge is -2.37. The summed E-state index contributed by atoms with van der Waals surface area (Å²) >= 11 is 0. The molecule has 132 valence electrons. The van der Waals surface area contributed by atoms with Crippen LogP contribution >= 0.6 is 0 Å². The number of benzene rings is 1. The molecule has 1 aliphatic heterocycles. The van der Waals surface area contributed by atoms with Gasteiger partial charge in [-0.25, -0.2) is 0 Å². The van der Waals surface area contributed by atoms with E-state index in [4.69, 9.17) is 0 Å². The zero-order valence-corrected chi connectivity index (χ0v) is 13.2. The van der Waals surface area contributed by atoms with Crippen LogP contribution in [0.2, 0.25) is 0 Å². The number of rotatable bonds is 3. The van der Waals surface area contributed by atoms with Crippen molar-refractivity contribution in [2.45, 2.75) is 37.6 Å². The van der Waals surface area contributed by atoms with E-state index in [2.05, 4.69) is 0 Å². The van der Waals surface area contributed by atoms with Gasteiger partial charge >= 0.3 is 6.18 Å². The van der Waals surface area contributed by atoms with Gasteiger partial charge in [-0.1, -0.05) is 24.3 Å². The lowest BCUT2D eigenvalue weighted by Crippen LogP contribution is -2.49. The molecule has 0 unspecified atom stereocenters. The van der Waals surface area contributed by atoms with Crippen LogP contribution in [0.1, 0.15) is 30.1 Å². The van der Waals surface area contributed by atoms with Gasteiger partial charge in [0, 0.05) is 12.6 Å². The van der Waals surface area contributed by atoms with Crippen molar-refractivity contribution in [2.75, 3.05) is 19.6 Å². The summed E-state index contributed by atoms with van der Waals surface area (Å²) in [6.07, 6.45) is -2.99. The normalized spacial score (nSPS) is 27.8. The van der Waals surface area contributed by atoms with Crippen LogP contribution in [-0.4, -0.2) is 47.8 Å². The van der Waals surface area contributed by atoms with Crippen molar-refractivity contribution >= 4 is 5.91 Å². The van der Waals surface area contributed by atoms with Gasteiger partial charge in [-0.2, -0.15) is 13.2 Å². The van der Waals surface area contributed by atoms with Gasteiger partial charge < -0.3 is 10.4 Å². The predicted octanol–water partition coefficient (Wildman–Crippen LogP) is 2.04. The van der Waals surface area contributed by atoms with E-state index in [9.17, 15) is 23.1 Å². The summed E-state index contributed by atoms with van der Waals surface area (Å²) in [7, 11) is 0. The summed E-state index contributed by atoms with van der Waals surface area (Å²) < 4.78 is 36.8. The van der Waals surface area contributed by atoms with E-state index in [1.54, 1.807) is 0 Å². The van der Waals surface area contributed by atoms with E-state index in [0.717, 1.165) is 24.1 Å². The number of halogens is 3. The molecular formula is C17H21F3N2O2. The van der Waals surface area contributed by atoms with E-state index in [1.165, 1.54) is 0 Å². The summed E-state index contributed by atoms with van der Waals surface area (Å²) in [6, 6.07) is 7.58. The number of nitrogens with one attached hydrogen (secondary N) is 1. The average Bonchev–Trinajstić information content (AvgIpc) is 2.89. The summed E-state index contributed by atoms with van der Waals surface area (Å²) in [6.45, 7) is -0.155. The first kappa shape index (κ1) is 17.2. The monoisotopic (exact) mass is 342 g/mol. The molecule has 0 bridgehead atoms. The second-order valence-corrected chi connectivity index (χ2v) is 6.58. The second kappa shape index (κ2) is 6.72. The molecule has 1 saturated heterocycles. The minimum Gasteiger partial charge on any atom is -0.387 e. The quantitative estimate of drug-likeness (QED) is 0.884. The van der Waals surface area contributed by atoms with Crippen molar-refractivity contribution in [3.05, 3.63) is 35.4 Å². The van der Waals surface area contributed by atoms with E-state index in [0.29, 0.717) is 19.4 Å². The SMILES string of the molecule is O=C(NCC(F)(F)F)[C@@H]1CCCN([C@@H]2Cc3ccccc3[C@H]2O)C1. The minimum atomic E-state index is -4.40. The Morgan fingerprint density at radius 3 is 2.79 bits per heavy atom. The molecule has 2 N–H and O–H groups in total. The number of alkyl halides is 3. The molecule has 0 spiro atoms. The standard InChI is InChI=1S/C17H21F3N2O2/c18-17(19,20)10-21-16(24)12-5-3-7-22(9-12)14-8-11-4-1-2-6-13(11)15(14)23/h1-2,4,6,12,14-15,23H,3,5,7-10H2,(H,21,24)/t12-,14-,15-/m1/s1. The Kier molecular flexibility index (Phi) is 4.83. The number of nitrogens with zero attached hydrogens (tertiary/aromatic N) is 1. The average molecular weight is 342 g/mol. The van der Waals surface area contributed by atoms with Crippen LogP contribution in [0.5, 0.6) is 0 Å². The molecule has 1 aliphatic carbocycles. The van der Waals surface area contributed by atoms with Crippen molar-refractivity contribution in [3.63, 3.8) is 0 Å². The zero-order chi connectivity index (χ0) is 17.3. The third kappa shape index (κ3) is 3.72. The molecule has 1 aromatic carbocycles. The van der Waals surface area contributed by atoms with E-state index in [1.807, 2.05) is 34.5 Å². The molecule has 4 nitrogen and oxygen atoms in total. The molecule has 3 rings (SSSR count). The van der Waals surface area contributed by atoms with Crippen molar-refractivity contribution < 1.29 is 23.1 Å². The molecule has 2 aliphatic rings. The molecule has 0 radical (unpaired) electrons. The van der Waals surface area contributed by atoms with Gasteiger partial charge in [-0.15, -0.1) is 0 Å². The molecule has 1 heterocycles. The number of likely N-dealkylation sites (tertiary alicyclic amines) is 1. The van der Waals surface area contributed by atoms with Crippen molar-refractivity contribution in [1.82, 2.24) is 10.2 Å². The first-order valence-corrected chi connectivity index (χ1v) is 8.19. The van der Waals surface area contributed by atoms with Crippen molar-refractivity contribution in [2.24, 2.45) is 5.92 Å². The van der Waals surface area contributed by atoms with Crippen molar-refractivity contribution in [3.8, 4) is 0 Å². The highest BCUT2D eigenvalue weighted by Crippen LogP contribution is 2.36. The number of carbonyl (C=O) groups is 1. The van der Waals surface area contributed by atoms with E-state index < -0.39 is 30.7 Å². The number of aliphatic hydroxyl groups is 1. The van der Waals surface area contributed by atoms with Crippen LogP contribution in [0.4, 0.5) is 13.2 Å². The fourth-order valence-corrected chi connectivity index (χ4v) is 3.73. The molecule has 1 aromatic rings. The fraction of sp³-hybridized carbons (Fsp3) is 0.588. The molecule has 1 fully saturated rings. The maximum Gasteiger partial charge on any atom is 0.405 e. The molecular weight excluding hydrogens is 321 g/mol. The molecule has 24 heavy (non-hydrogen) atoms. The Morgan fingerprint density at radius 2 is 2.08 bits per heavy atom. The van der Waals surface area contributed by atoms with Crippen LogP contribution in [0, 0.1) is 5.92 Å². The van der Waals surface area contributed by atoms with Gasteiger partial charge in [-0.05, 0) is 36.9 Å². The third-order valence-electron chi connectivity index (χ3n) is 4.92. The third-order valence-corrected chi connectivity index (χ3v) is 4.92. The lowest BCUT2D eigenvalue weighted by molar-refractivity contribution is -0.142. The maximum absolute atomic E-state index is 12.3. The number of hydrogen-bond acceptors (Lipinski definition) is 3. The summed E-state index contributed by atoms with van der Waals surface area (Å²) in [5, 5.41) is 12.5. The summed E-state index contributed by atoms with van der Waals surface area (Å²) in [5.41, 5.74) is 2.00. The van der Waals surface area contributed by atoms with Gasteiger partial charge in [0.2, 0.25) is 5.91 Å². The minimum absolute atomic E-state index is 0.111. The van der Waals surface area contributed by atoms with Crippen molar-refractivity contribution in [1.29, 1.82) is 0 Å². The Labute approximate surface area is 138 Å². The largest absolute Gasteiger partial charge is 0.405 e. The zero-order valence-electron chi connectivity index (χ0n) is 13.2. The Hall–Kier alpha value is -1.60. The lowest BCUT2D eigenvalue weighted by atomic mass is 9.94. The Balaban J connectivity index is 1.61. The fourth-order valence-electron chi connectivity index (χ4n) is 3.73. The van der Waals surface area contributed by atoms with E-state index >= 15 is 0 Å². The van der Waals surface area contributed by atoms with Gasteiger partial charge in [0.1, 0.15) is 6.54 Å². The predicted molar refractivity (Wildman–Crippen MR) is 82.3 cm³/mol. The molecule has 7 heteroatoms. The molecule has 0 saturated carbocycles. The topological polar surface area (TPSA) is 52.6 Å². The number of piperidine rings is 1. The number of fused-ring (bicyclic) bond motifs is 1. The second-order valence-electron chi connectivity index (χ2n) is 6.58. The molecule has 3 atom stereocenters. The molecule has 0 aromatic heterocycles. The highest BCUT2D eigenvalue weighted by molar-refractivity contribution is 5.79. The Morgan fingerprint density at radius 1 is 1.33 bits per heavy atom. The Bertz CT molecular complexity index is 606. The maximum atomic E-state index is 12.3. The van der Waals surface area contributed by atoms with Gasteiger partial charge in [0.15, 0.2) is 0 Å². The summed E-state index contributed by atoms with van der Waals surface area (Å²) in [4.78, 5) is 14.1. The first-order chi connectivity index (χ1) is 11.3. The first-order valence-electron chi connectivity index (χ1n) is 8.19. The highest BCUT2D eigenvalue weighted by atomic mass is 19.4. The van der Waals surface area contributed by atoms with Gasteiger partial charge in [0.25, 0.3) is 0 Å². The smallest absolute Gasteiger partial charge is 0.387 e. The highest BCUT2D eigenvalue weighted by Gasteiger charge is 2.38. The van der Waals surface area contributed by atoms with Gasteiger partial charge in [0.05, 0.1) is 12.0 Å². The van der Waals surface area contributed by atoms with E-state index in [-0.39, 0.29) is 6.04 Å². The van der Waals surface area contributed by atoms with Gasteiger partial charge in [-0.3, -0.25) is 9.69 Å². The van der Waals surface area contributed by atoms with Crippen LogP contribution < -0.4 is 5.32 Å². The number of carbonyl (C=O) groups excluding carboxylic acids is 1. The number of hydrogen-bond donors (Lipinski definition) is 2. The van der Waals surface area contributed by atoms with Crippen LogP contribution in [0.3, 0.4) is 0 Å².